The highest BCUT2D eigenvalue weighted by atomic mass is 32.2. The molecule has 2 aromatic carbocycles. The first kappa shape index (κ1) is 21.4. The molecule has 152 valence electrons. The standard InChI is InChI=1S/C19H24N2O6S/c1-13(19(22)20-15-8-6-7-9-16(15)25-2)21(28(5,23)24)14-10-11-17(26-3)18(12-14)27-4/h6-13H,1-5H3,(H,20,22). The maximum atomic E-state index is 12.8. The highest BCUT2D eigenvalue weighted by Crippen LogP contribution is 2.33. The molecule has 2 rings (SSSR count). The van der Waals surface area contributed by atoms with E-state index in [1.165, 1.54) is 34.3 Å². The molecule has 0 heterocycles. The van der Waals surface area contributed by atoms with Crippen molar-refractivity contribution in [2.24, 2.45) is 0 Å². The number of nitrogens with zero attached hydrogens (tertiary/aromatic N) is 1. The lowest BCUT2D eigenvalue weighted by Gasteiger charge is -2.28. The van der Waals surface area contributed by atoms with Crippen LogP contribution in [0.3, 0.4) is 0 Å². The molecule has 0 radical (unpaired) electrons. The van der Waals surface area contributed by atoms with E-state index in [0.717, 1.165) is 10.6 Å². The molecule has 1 amide bonds. The van der Waals surface area contributed by atoms with E-state index in [1.54, 1.807) is 36.4 Å². The molecule has 0 aliphatic heterocycles. The molecule has 1 N–H and O–H groups in total. The highest BCUT2D eigenvalue weighted by Gasteiger charge is 2.30. The van der Waals surface area contributed by atoms with Crippen molar-refractivity contribution in [3.05, 3.63) is 42.5 Å². The van der Waals surface area contributed by atoms with Crippen molar-refractivity contribution in [2.45, 2.75) is 13.0 Å². The predicted molar refractivity (Wildman–Crippen MR) is 108 cm³/mol. The van der Waals surface area contributed by atoms with E-state index >= 15 is 0 Å². The third-order valence-corrected chi connectivity index (χ3v) is 5.32. The molecule has 1 unspecified atom stereocenters. The van der Waals surface area contributed by atoms with E-state index in [-0.39, 0.29) is 5.69 Å². The number of rotatable bonds is 8. The fourth-order valence-corrected chi connectivity index (χ4v) is 3.92. The largest absolute Gasteiger partial charge is 0.495 e. The number of amides is 1. The van der Waals surface area contributed by atoms with Gasteiger partial charge < -0.3 is 19.5 Å². The summed E-state index contributed by atoms with van der Waals surface area (Å²) >= 11 is 0. The van der Waals surface area contributed by atoms with Crippen molar-refractivity contribution in [2.75, 3.05) is 37.2 Å². The summed E-state index contributed by atoms with van der Waals surface area (Å²) in [5.41, 5.74) is 0.727. The van der Waals surface area contributed by atoms with Gasteiger partial charge in [0.15, 0.2) is 11.5 Å². The molecule has 0 aliphatic carbocycles. The van der Waals surface area contributed by atoms with Gasteiger partial charge in [0.05, 0.1) is 39.0 Å². The number of sulfonamides is 1. The van der Waals surface area contributed by atoms with Gasteiger partial charge in [0.2, 0.25) is 15.9 Å². The van der Waals surface area contributed by atoms with Crippen molar-refractivity contribution in [3.8, 4) is 17.2 Å². The zero-order valence-corrected chi connectivity index (χ0v) is 17.2. The Hall–Kier alpha value is -2.94. The Labute approximate surface area is 165 Å². The molecule has 1 atom stereocenters. The minimum atomic E-state index is -3.77. The highest BCUT2D eigenvalue weighted by molar-refractivity contribution is 7.92. The van der Waals surface area contributed by atoms with Crippen LogP contribution in [-0.2, 0) is 14.8 Å². The van der Waals surface area contributed by atoms with Crippen LogP contribution in [0.1, 0.15) is 6.92 Å². The molecule has 2 aromatic rings. The molecule has 8 nitrogen and oxygen atoms in total. The van der Waals surface area contributed by atoms with Gasteiger partial charge in [-0.1, -0.05) is 12.1 Å². The Morgan fingerprint density at radius 3 is 2.14 bits per heavy atom. The first-order valence-electron chi connectivity index (χ1n) is 8.38. The first-order chi connectivity index (χ1) is 13.2. The van der Waals surface area contributed by atoms with E-state index < -0.39 is 22.0 Å². The number of ether oxygens (including phenoxy) is 3. The predicted octanol–water partition coefficient (Wildman–Crippen LogP) is 2.51. The zero-order valence-electron chi connectivity index (χ0n) is 16.4. The molecule has 0 aliphatic rings. The lowest BCUT2D eigenvalue weighted by Crippen LogP contribution is -2.45. The number of methoxy groups -OCH3 is 3. The number of hydrogen-bond acceptors (Lipinski definition) is 6. The van der Waals surface area contributed by atoms with E-state index in [1.807, 2.05) is 0 Å². The Bertz CT molecular complexity index is 945. The van der Waals surface area contributed by atoms with Crippen LogP contribution in [0.2, 0.25) is 0 Å². The normalized spacial score (nSPS) is 12.0. The van der Waals surface area contributed by atoms with Gasteiger partial charge in [0.25, 0.3) is 0 Å². The number of hydrogen-bond donors (Lipinski definition) is 1. The molecule has 0 bridgehead atoms. The smallest absolute Gasteiger partial charge is 0.248 e. The average Bonchev–Trinajstić information content (AvgIpc) is 2.67. The second-order valence-electron chi connectivity index (χ2n) is 5.96. The molecular weight excluding hydrogens is 384 g/mol. The molecule has 9 heteroatoms. The Morgan fingerprint density at radius 1 is 0.964 bits per heavy atom. The van der Waals surface area contributed by atoms with Gasteiger partial charge in [-0.2, -0.15) is 0 Å². The number of anilines is 2. The van der Waals surface area contributed by atoms with Crippen LogP contribution < -0.4 is 23.8 Å². The Kier molecular flexibility index (Phi) is 6.74. The second-order valence-corrected chi connectivity index (χ2v) is 7.82. The quantitative estimate of drug-likeness (QED) is 0.721. The van der Waals surface area contributed by atoms with Gasteiger partial charge in [0.1, 0.15) is 11.8 Å². The molecule has 28 heavy (non-hydrogen) atoms. The van der Waals surface area contributed by atoms with Crippen molar-refractivity contribution in [1.29, 1.82) is 0 Å². The Morgan fingerprint density at radius 2 is 1.57 bits per heavy atom. The molecule has 0 spiro atoms. The van der Waals surface area contributed by atoms with Gasteiger partial charge in [-0.05, 0) is 31.2 Å². The molecule has 0 saturated carbocycles. The van der Waals surface area contributed by atoms with E-state index in [2.05, 4.69) is 5.32 Å². The van der Waals surface area contributed by atoms with Gasteiger partial charge in [0, 0.05) is 6.07 Å². The third kappa shape index (κ3) is 4.66. The van der Waals surface area contributed by atoms with Crippen LogP contribution in [0.15, 0.2) is 42.5 Å². The molecular formula is C19H24N2O6S. The summed E-state index contributed by atoms with van der Waals surface area (Å²) in [5.74, 6) is 0.765. The van der Waals surface area contributed by atoms with Gasteiger partial charge in [-0.25, -0.2) is 8.42 Å². The zero-order chi connectivity index (χ0) is 20.9. The monoisotopic (exact) mass is 408 g/mol. The second kappa shape index (κ2) is 8.83. The van der Waals surface area contributed by atoms with Crippen molar-refractivity contribution < 1.29 is 27.4 Å². The van der Waals surface area contributed by atoms with Crippen LogP contribution >= 0.6 is 0 Å². The maximum absolute atomic E-state index is 12.8. The van der Waals surface area contributed by atoms with Crippen LogP contribution in [-0.4, -0.2) is 48.0 Å². The van der Waals surface area contributed by atoms with Crippen molar-refractivity contribution in [3.63, 3.8) is 0 Å². The van der Waals surface area contributed by atoms with Gasteiger partial charge >= 0.3 is 0 Å². The summed E-state index contributed by atoms with van der Waals surface area (Å²) in [4.78, 5) is 12.8. The number of carbonyl (C=O) groups is 1. The fourth-order valence-electron chi connectivity index (χ4n) is 2.76. The average molecular weight is 408 g/mol. The molecule has 0 saturated heterocycles. The summed E-state index contributed by atoms with van der Waals surface area (Å²) in [5, 5.41) is 2.71. The van der Waals surface area contributed by atoms with Crippen LogP contribution in [0.4, 0.5) is 11.4 Å². The number of nitrogens with one attached hydrogen (secondary N) is 1. The minimum Gasteiger partial charge on any atom is -0.495 e. The molecule has 0 aromatic heterocycles. The number of benzene rings is 2. The third-order valence-electron chi connectivity index (χ3n) is 4.07. The van der Waals surface area contributed by atoms with E-state index in [9.17, 15) is 13.2 Å². The van der Waals surface area contributed by atoms with Crippen LogP contribution in [0.5, 0.6) is 17.2 Å². The first-order valence-corrected chi connectivity index (χ1v) is 10.2. The van der Waals surface area contributed by atoms with E-state index in [0.29, 0.717) is 22.9 Å². The molecule has 0 fully saturated rings. The van der Waals surface area contributed by atoms with Gasteiger partial charge in [-0.15, -0.1) is 0 Å². The topological polar surface area (TPSA) is 94.2 Å². The minimum absolute atomic E-state index is 0.280. The lowest BCUT2D eigenvalue weighted by atomic mass is 10.2. The van der Waals surface area contributed by atoms with Crippen LogP contribution in [0.25, 0.3) is 0 Å². The summed E-state index contributed by atoms with van der Waals surface area (Å²) in [6.07, 6.45) is 1.04. The summed E-state index contributed by atoms with van der Waals surface area (Å²) in [6, 6.07) is 10.5. The Balaban J connectivity index is 2.39. The number of carbonyl (C=O) groups excluding carboxylic acids is 1. The van der Waals surface area contributed by atoms with Crippen LogP contribution in [0, 0.1) is 0 Å². The number of para-hydroxylation sites is 2. The fraction of sp³-hybridized carbons (Fsp3) is 0.316. The van der Waals surface area contributed by atoms with Gasteiger partial charge in [-0.3, -0.25) is 9.10 Å². The van der Waals surface area contributed by atoms with E-state index in [4.69, 9.17) is 14.2 Å². The summed E-state index contributed by atoms with van der Waals surface area (Å²) in [7, 11) is 0.647. The maximum Gasteiger partial charge on any atom is 0.248 e. The summed E-state index contributed by atoms with van der Waals surface area (Å²) < 4.78 is 41.6. The summed E-state index contributed by atoms with van der Waals surface area (Å²) in [6.45, 7) is 1.50. The van der Waals surface area contributed by atoms with Crippen molar-refractivity contribution >= 4 is 27.3 Å². The van der Waals surface area contributed by atoms with Crippen molar-refractivity contribution in [1.82, 2.24) is 0 Å². The SMILES string of the molecule is COc1ccccc1NC(=O)C(C)N(c1ccc(OC)c(OC)c1)S(C)(=O)=O. The lowest BCUT2D eigenvalue weighted by molar-refractivity contribution is -0.116.